The molecule has 1 rings (SSSR count). The first kappa shape index (κ1) is 8.86. The highest BCUT2D eigenvalue weighted by Gasteiger charge is 2.03. The molecule has 6 heteroatoms. The van der Waals surface area contributed by atoms with Crippen LogP contribution in [0.3, 0.4) is 0 Å². The average Bonchev–Trinajstić information content (AvgIpc) is 1.82. The van der Waals surface area contributed by atoms with E-state index < -0.39 is 11.2 Å². The minimum absolute atomic E-state index is 0.0445. The van der Waals surface area contributed by atoms with Crippen LogP contribution in [0.25, 0.3) is 0 Å². The van der Waals surface area contributed by atoms with Crippen LogP contribution in [0.5, 0.6) is 0 Å². The molecule has 0 aliphatic carbocycles. The third-order valence-electron chi connectivity index (χ3n) is 1.28. The molecule has 0 aliphatic heterocycles. The summed E-state index contributed by atoms with van der Waals surface area (Å²) in [6, 6.07) is 1.14. The molecule has 1 N–H and O–H groups in total. The van der Waals surface area contributed by atoms with Gasteiger partial charge < -0.3 is 5.01 Å². The Morgan fingerprint density at radius 3 is 2.50 bits per heavy atom. The maximum Gasteiger partial charge on any atom is 0.348 e. The van der Waals surface area contributed by atoms with Crippen molar-refractivity contribution in [1.29, 1.82) is 0 Å². The van der Waals surface area contributed by atoms with Crippen molar-refractivity contribution in [2.45, 2.75) is 0 Å². The normalized spacial score (nSPS) is 9.92. The number of hydrogen-bond donors (Lipinski definition) is 1. The minimum Gasteiger partial charge on any atom is -0.312 e. The number of H-pyrrole nitrogens is 1. The smallest absolute Gasteiger partial charge is 0.312 e. The first-order chi connectivity index (χ1) is 5.52. The molecule has 12 heavy (non-hydrogen) atoms. The van der Waals surface area contributed by atoms with Crippen molar-refractivity contribution >= 4 is 11.6 Å². The molecule has 66 valence electrons. The van der Waals surface area contributed by atoms with Crippen molar-refractivity contribution in [2.24, 2.45) is 0 Å². The molecular weight excluding hydrogens is 182 g/mol. The van der Waals surface area contributed by atoms with Crippen LogP contribution in [0.1, 0.15) is 0 Å². The van der Waals surface area contributed by atoms with Crippen molar-refractivity contribution in [3.8, 4) is 0 Å². The Bertz CT molecular complexity index is 361. The van der Waals surface area contributed by atoms with E-state index in [1.54, 1.807) is 14.1 Å². The summed E-state index contributed by atoms with van der Waals surface area (Å²) in [5.74, 6) is 0. The van der Waals surface area contributed by atoms with Crippen LogP contribution in [0.4, 0.5) is 0 Å². The predicted molar refractivity (Wildman–Crippen MR) is 46.4 cm³/mol. The number of nitrogens with zero attached hydrogens (tertiary/aromatic N) is 2. The van der Waals surface area contributed by atoms with Gasteiger partial charge in [-0.1, -0.05) is 11.6 Å². The summed E-state index contributed by atoms with van der Waals surface area (Å²) < 4.78 is 0.936. The van der Waals surface area contributed by atoms with Gasteiger partial charge in [-0.15, -0.1) is 0 Å². The molecule has 1 aromatic heterocycles. The number of halogens is 1. The molecule has 0 fully saturated rings. The molecule has 0 aromatic carbocycles. The minimum atomic E-state index is -0.544. The van der Waals surface area contributed by atoms with Gasteiger partial charge in [0.1, 0.15) is 5.15 Å². The largest absolute Gasteiger partial charge is 0.348 e. The fourth-order valence-electron chi connectivity index (χ4n) is 0.840. The molecule has 5 nitrogen and oxygen atoms in total. The van der Waals surface area contributed by atoms with Crippen molar-refractivity contribution in [3.05, 3.63) is 32.1 Å². The lowest BCUT2D eigenvalue weighted by molar-refractivity contribution is 0.652. The van der Waals surface area contributed by atoms with E-state index in [-0.39, 0.29) is 5.15 Å². The molecule has 0 bridgehead atoms. The van der Waals surface area contributed by atoms with Gasteiger partial charge in [-0.05, 0) is 0 Å². The highest BCUT2D eigenvalue weighted by Crippen LogP contribution is 1.92. The van der Waals surface area contributed by atoms with Crippen LogP contribution in [0.2, 0.25) is 5.15 Å². The van der Waals surface area contributed by atoms with Gasteiger partial charge in [-0.25, -0.2) is 4.79 Å². The average molecular weight is 190 g/mol. The highest BCUT2D eigenvalue weighted by molar-refractivity contribution is 6.29. The van der Waals surface area contributed by atoms with Crippen LogP contribution < -0.4 is 16.3 Å². The second-order valence-electron chi connectivity index (χ2n) is 2.42. The molecule has 1 aromatic rings. The van der Waals surface area contributed by atoms with Gasteiger partial charge in [0.25, 0.3) is 5.56 Å². The Morgan fingerprint density at radius 2 is 2.08 bits per heavy atom. The summed E-state index contributed by atoms with van der Waals surface area (Å²) in [6.45, 7) is 0. The Balaban J connectivity index is 3.50. The van der Waals surface area contributed by atoms with Gasteiger partial charge in [0.2, 0.25) is 0 Å². The Hall–Kier alpha value is -1.23. The second kappa shape index (κ2) is 3.02. The van der Waals surface area contributed by atoms with Crippen LogP contribution in [-0.4, -0.2) is 23.8 Å². The van der Waals surface area contributed by atoms with Crippen LogP contribution in [-0.2, 0) is 0 Å². The van der Waals surface area contributed by atoms with Gasteiger partial charge in [0.15, 0.2) is 0 Å². The number of aromatic amines is 1. The molecule has 0 radical (unpaired) electrons. The van der Waals surface area contributed by atoms with Crippen molar-refractivity contribution in [3.63, 3.8) is 0 Å². The predicted octanol–water partition coefficient (Wildman–Crippen LogP) is -0.612. The van der Waals surface area contributed by atoms with Gasteiger partial charge in [0, 0.05) is 20.2 Å². The van der Waals surface area contributed by atoms with E-state index in [9.17, 15) is 9.59 Å². The summed E-state index contributed by atoms with van der Waals surface area (Å²) in [5, 5.41) is 1.42. The third kappa shape index (κ3) is 1.50. The fourth-order valence-corrected chi connectivity index (χ4v) is 1.01. The monoisotopic (exact) mass is 189 g/mol. The molecule has 0 spiro atoms. The van der Waals surface area contributed by atoms with Gasteiger partial charge in [-0.3, -0.25) is 9.78 Å². The lowest BCUT2D eigenvalue weighted by Gasteiger charge is -2.12. The number of rotatable bonds is 1. The second-order valence-corrected chi connectivity index (χ2v) is 2.83. The summed E-state index contributed by atoms with van der Waals surface area (Å²) in [6.07, 6.45) is 0. The van der Waals surface area contributed by atoms with Crippen LogP contribution >= 0.6 is 11.6 Å². The van der Waals surface area contributed by atoms with Crippen molar-refractivity contribution < 1.29 is 0 Å². The first-order valence-electron chi connectivity index (χ1n) is 3.22. The summed E-state index contributed by atoms with van der Waals surface area (Å²) in [5.41, 5.74) is -0.994. The number of aromatic nitrogens is 2. The SMILES string of the molecule is CN(C)n1c(=O)cc(Cl)[nH]c1=O. The maximum atomic E-state index is 11.1. The summed E-state index contributed by atoms with van der Waals surface area (Å²) in [7, 11) is 3.18. The lowest BCUT2D eigenvalue weighted by atomic mass is 10.6. The zero-order valence-electron chi connectivity index (χ0n) is 6.67. The van der Waals surface area contributed by atoms with Crippen LogP contribution in [0, 0.1) is 0 Å². The zero-order valence-corrected chi connectivity index (χ0v) is 7.42. The van der Waals surface area contributed by atoms with E-state index in [1.165, 1.54) is 5.01 Å². The lowest BCUT2D eigenvalue weighted by Crippen LogP contribution is -2.45. The van der Waals surface area contributed by atoms with Gasteiger partial charge >= 0.3 is 5.69 Å². The van der Waals surface area contributed by atoms with E-state index in [0.29, 0.717) is 0 Å². The fraction of sp³-hybridized carbons (Fsp3) is 0.333. The molecule has 0 unspecified atom stereocenters. The molecule has 0 aliphatic rings. The van der Waals surface area contributed by atoms with Crippen molar-refractivity contribution in [1.82, 2.24) is 9.66 Å². The Kier molecular flexibility index (Phi) is 2.23. The standard InChI is InChI=1S/C6H8ClN3O2/c1-9(2)10-5(11)3-4(7)8-6(10)12/h3H,1-2H3,(H,8,12). The van der Waals surface area contributed by atoms with E-state index in [0.717, 1.165) is 10.7 Å². The van der Waals surface area contributed by atoms with Crippen LogP contribution in [0.15, 0.2) is 15.7 Å². The first-order valence-corrected chi connectivity index (χ1v) is 3.59. The Labute approximate surface area is 73.2 Å². The molecule has 0 saturated heterocycles. The third-order valence-corrected chi connectivity index (χ3v) is 1.48. The maximum absolute atomic E-state index is 11.1. The quantitative estimate of drug-likeness (QED) is 0.600. The highest BCUT2D eigenvalue weighted by atomic mass is 35.5. The molecule has 0 amide bonds. The van der Waals surface area contributed by atoms with E-state index in [4.69, 9.17) is 11.6 Å². The van der Waals surface area contributed by atoms with Gasteiger partial charge in [0.05, 0.1) is 0 Å². The topological polar surface area (TPSA) is 58.1 Å². The van der Waals surface area contributed by atoms with E-state index in [2.05, 4.69) is 4.98 Å². The molecule has 1 heterocycles. The van der Waals surface area contributed by atoms with Crippen molar-refractivity contribution in [2.75, 3.05) is 19.1 Å². The number of nitrogens with one attached hydrogen (secondary N) is 1. The molecule has 0 saturated carbocycles. The number of hydrogen-bond acceptors (Lipinski definition) is 3. The van der Waals surface area contributed by atoms with E-state index >= 15 is 0 Å². The summed E-state index contributed by atoms with van der Waals surface area (Å²) in [4.78, 5) is 24.5. The van der Waals surface area contributed by atoms with Gasteiger partial charge in [-0.2, -0.15) is 4.68 Å². The zero-order chi connectivity index (χ0) is 9.30. The van der Waals surface area contributed by atoms with E-state index in [1.807, 2.05) is 0 Å². The molecule has 0 atom stereocenters. The molecular formula is C6H8ClN3O2. The Morgan fingerprint density at radius 1 is 1.50 bits per heavy atom. The summed E-state index contributed by atoms with van der Waals surface area (Å²) >= 11 is 5.44.